The average Bonchev–Trinajstić information content (AvgIpc) is 3.33. The van der Waals surface area contributed by atoms with Crippen LogP contribution in [0.3, 0.4) is 0 Å². The van der Waals surface area contributed by atoms with Crippen LogP contribution in [0.15, 0.2) is 0 Å². The molecule has 34 heavy (non-hydrogen) atoms. The summed E-state index contributed by atoms with van der Waals surface area (Å²) in [4.78, 5) is 0. The molecule has 4 nitrogen and oxygen atoms in total. The molecule has 4 aliphatic heterocycles. The number of hydrogen-bond acceptors (Lipinski definition) is 4. The highest BCUT2D eigenvalue weighted by molar-refractivity contribution is 5.05. The molecule has 0 aromatic carbocycles. The first kappa shape index (κ1) is 25.5. The topological polar surface area (TPSA) is 36.9 Å². The third-order valence-electron chi connectivity index (χ3n) is 10.6. The molecule has 0 unspecified atom stereocenters. The van der Waals surface area contributed by atoms with Gasteiger partial charge in [-0.15, -0.1) is 0 Å². The molecule has 0 bridgehead atoms. The summed E-state index contributed by atoms with van der Waals surface area (Å²) in [5.74, 6) is 3.82. The van der Waals surface area contributed by atoms with E-state index < -0.39 is 5.79 Å². The predicted molar refractivity (Wildman–Crippen MR) is 136 cm³/mol. The van der Waals surface area contributed by atoms with E-state index in [1.54, 1.807) is 0 Å². The van der Waals surface area contributed by atoms with Crippen LogP contribution < -0.4 is 0 Å². The van der Waals surface area contributed by atoms with Crippen molar-refractivity contribution in [2.45, 2.75) is 149 Å². The minimum atomic E-state index is -0.434. The molecule has 4 saturated heterocycles. The van der Waals surface area contributed by atoms with E-state index in [-0.39, 0.29) is 23.9 Å². The first-order valence-electron chi connectivity index (χ1n) is 14.7. The van der Waals surface area contributed by atoms with Crippen LogP contribution in [0.5, 0.6) is 0 Å². The molecule has 0 amide bonds. The zero-order valence-electron chi connectivity index (χ0n) is 23.2. The molecule has 0 N–H and O–H groups in total. The van der Waals surface area contributed by atoms with Gasteiger partial charge in [-0.3, -0.25) is 0 Å². The monoisotopic (exact) mass is 476 g/mol. The molecule has 196 valence electrons. The molecule has 1 spiro atoms. The van der Waals surface area contributed by atoms with Gasteiger partial charge in [0.15, 0.2) is 5.79 Å². The van der Waals surface area contributed by atoms with E-state index in [1.807, 2.05) is 0 Å². The molecule has 4 heteroatoms. The van der Waals surface area contributed by atoms with Gasteiger partial charge in [-0.1, -0.05) is 61.8 Å². The van der Waals surface area contributed by atoms with Gasteiger partial charge in [0.2, 0.25) is 0 Å². The molecule has 0 aromatic rings. The molecule has 4 heterocycles. The normalized spacial score (nSPS) is 51.5. The molecule has 0 radical (unpaired) electrons. The van der Waals surface area contributed by atoms with Gasteiger partial charge in [-0.25, -0.2) is 0 Å². The summed E-state index contributed by atoms with van der Waals surface area (Å²) >= 11 is 0. The number of fused-ring (bicyclic) bond motifs is 3. The summed E-state index contributed by atoms with van der Waals surface area (Å²) in [7, 11) is 0. The summed E-state index contributed by atoms with van der Waals surface area (Å²) in [6.45, 7) is 18.8. The second-order valence-electron chi connectivity index (χ2n) is 13.9. The fourth-order valence-electron chi connectivity index (χ4n) is 8.58. The lowest BCUT2D eigenvalue weighted by atomic mass is 9.67. The van der Waals surface area contributed by atoms with Crippen LogP contribution in [0.25, 0.3) is 0 Å². The van der Waals surface area contributed by atoms with Crippen molar-refractivity contribution in [3.63, 3.8) is 0 Å². The van der Waals surface area contributed by atoms with Gasteiger partial charge < -0.3 is 18.9 Å². The van der Waals surface area contributed by atoms with Gasteiger partial charge in [0, 0.05) is 25.7 Å². The van der Waals surface area contributed by atoms with E-state index >= 15 is 0 Å². The molecular formula is C30H52O4. The standard InChI is InChI=1S/C30H52O4/c1-9-19(6)24-11-22-10-23-20(7)14-30(32-26(23)12-25(22)31-24)15-21(8)28-27(33-30)16-29(34-28,18(4)5)13-17(2)3/h17-28H,9-16H2,1-8H3/t19-,20-,21-,22+,23-,24-,25+,26-,27-,28-,29-,30+/m0/s1. The van der Waals surface area contributed by atoms with E-state index in [0.717, 1.165) is 38.0 Å². The van der Waals surface area contributed by atoms with Crippen molar-refractivity contribution in [2.75, 3.05) is 0 Å². The first-order chi connectivity index (χ1) is 16.0. The molecule has 0 aromatic heterocycles. The number of ether oxygens (including phenoxy) is 4. The molecule has 1 aliphatic carbocycles. The molecule has 5 fully saturated rings. The van der Waals surface area contributed by atoms with Crippen molar-refractivity contribution in [2.24, 2.45) is 41.4 Å². The summed E-state index contributed by atoms with van der Waals surface area (Å²) in [5.41, 5.74) is -0.0627. The van der Waals surface area contributed by atoms with Crippen LogP contribution in [0.4, 0.5) is 0 Å². The zero-order valence-corrected chi connectivity index (χ0v) is 23.2. The van der Waals surface area contributed by atoms with E-state index in [9.17, 15) is 0 Å². The van der Waals surface area contributed by atoms with Crippen molar-refractivity contribution in [3.05, 3.63) is 0 Å². The Balaban J connectivity index is 1.31. The predicted octanol–water partition coefficient (Wildman–Crippen LogP) is 6.99. The van der Waals surface area contributed by atoms with Crippen molar-refractivity contribution in [1.29, 1.82) is 0 Å². The summed E-state index contributed by atoms with van der Waals surface area (Å²) in [6, 6.07) is 0. The number of rotatable bonds is 5. The third-order valence-corrected chi connectivity index (χ3v) is 10.6. The van der Waals surface area contributed by atoms with Crippen molar-refractivity contribution in [3.8, 4) is 0 Å². The maximum atomic E-state index is 7.05. The fraction of sp³-hybridized carbons (Fsp3) is 1.00. The number of hydrogen-bond donors (Lipinski definition) is 0. The summed E-state index contributed by atoms with van der Waals surface area (Å²) in [6.07, 6.45) is 10.4. The van der Waals surface area contributed by atoms with Crippen LogP contribution in [0.2, 0.25) is 0 Å². The SMILES string of the molecule is CC[C@H](C)[C@@H]1C[C@H]2C[C@@H]3[C@H](C[C@H]2O1)O[C@@]1(C[C@@H]3C)C[C@H](C)[C@@H]2O[C@](CC(C)C)(C(C)C)C[C@@H]2O1. The van der Waals surface area contributed by atoms with E-state index in [0.29, 0.717) is 47.7 Å². The fourth-order valence-corrected chi connectivity index (χ4v) is 8.58. The van der Waals surface area contributed by atoms with Gasteiger partial charge in [-0.2, -0.15) is 0 Å². The molecule has 5 aliphatic rings. The second-order valence-corrected chi connectivity index (χ2v) is 13.9. The lowest BCUT2D eigenvalue weighted by molar-refractivity contribution is -0.354. The summed E-state index contributed by atoms with van der Waals surface area (Å²) < 4.78 is 27.6. The quantitative estimate of drug-likeness (QED) is 0.428. The van der Waals surface area contributed by atoms with Gasteiger partial charge in [0.05, 0.1) is 36.1 Å². The Hall–Kier alpha value is -0.160. The van der Waals surface area contributed by atoms with Gasteiger partial charge in [0.25, 0.3) is 0 Å². The van der Waals surface area contributed by atoms with Crippen molar-refractivity contribution in [1.82, 2.24) is 0 Å². The Morgan fingerprint density at radius 3 is 2.18 bits per heavy atom. The molecular weight excluding hydrogens is 424 g/mol. The minimum absolute atomic E-state index is 0.0627. The first-order valence-corrected chi connectivity index (χ1v) is 14.7. The lowest BCUT2D eigenvalue weighted by Gasteiger charge is -2.55. The van der Waals surface area contributed by atoms with E-state index in [2.05, 4.69) is 55.4 Å². The van der Waals surface area contributed by atoms with Crippen LogP contribution in [0, 0.1) is 41.4 Å². The van der Waals surface area contributed by atoms with Crippen LogP contribution in [0.1, 0.15) is 107 Å². The molecule has 1 saturated carbocycles. The van der Waals surface area contributed by atoms with Crippen LogP contribution in [-0.2, 0) is 18.9 Å². The van der Waals surface area contributed by atoms with E-state index in [4.69, 9.17) is 18.9 Å². The van der Waals surface area contributed by atoms with Crippen molar-refractivity contribution >= 4 is 0 Å². The smallest absolute Gasteiger partial charge is 0.169 e. The van der Waals surface area contributed by atoms with Crippen LogP contribution in [-0.4, -0.2) is 41.9 Å². The lowest BCUT2D eigenvalue weighted by Crippen LogP contribution is -2.59. The largest absolute Gasteiger partial charge is 0.374 e. The Bertz CT molecular complexity index is 723. The Labute approximate surface area is 209 Å². The Morgan fingerprint density at radius 1 is 0.794 bits per heavy atom. The minimum Gasteiger partial charge on any atom is -0.374 e. The Morgan fingerprint density at radius 2 is 1.50 bits per heavy atom. The van der Waals surface area contributed by atoms with Gasteiger partial charge >= 0.3 is 0 Å². The highest BCUT2D eigenvalue weighted by Crippen LogP contribution is 2.56. The highest BCUT2D eigenvalue weighted by atomic mass is 16.7. The molecule has 12 atom stereocenters. The van der Waals surface area contributed by atoms with Crippen LogP contribution >= 0.6 is 0 Å². The zero-order chi connectivity index (χ0) is 24.4. The third kappa shape index (κ3) is 4.41. The summed E-state index contributed by atoms with van der Waals surface area (Å²) in [5, 5.41) is 0. The van der Waals surface area contributed by atoms with E-state index in [1.165, 1.54) is 19.3 Å². The maximum absolute atomic E-state index is 7.05. The average molecular weight is 477 g/mol. The van der Waals surface area contributed by atoms with Gasteiger partial charge in [-0.05, 0) is 60.7 Å². The van der Waals surface area contributed by atoms with Crippen molar-refractivity contribution < 1.29 is 18.9 Å². The second kappa shape index (κ2) is 9.30. The Kier molecular flexibility index (Phi) is 6.97. The highest BCUT2D eigenvalue weighted by Gasteiger charge is 2.60. The maximum Gasteiger partial charge on any atom is 0.169 e. The van der Waals surface area contributed by atoms with Gasteiger partial charge in [0.1, 0.15) is 0 Å². The molecule has 5 rings (SSSR count).